The highest BCUT2D eigenvalue weighted by Gasteiger charge is 2.30. The summed E-state index contributed by atoms with van der Waals surface area (Å²) in [5, 5.41) is 0. The summed E-state index contributed by atoms with van der Waals surface area (Å²) < 4.78 is 23.1. The summed E-state index contributed by atoms with van der Waals surface area (Å²) in [6.45, 7) is 15.3. The number of carbonyl (C=O) groups excluding carboxylic acids is 2. The number of carbonyl (C=O) groups is 2. The second kappa shape index (κ2) is 10.9. The largest absolute Gasteiger partial charge is 0.474 e. The molecule has 3 rings (SSSR count). The van der Waals surface area contributed by atoms with Gasteiger partial charge < -0.3 is 28.7 Å². The van der Waals surface area contributed by atoms with E-state index in [0.29, 0.717) is 57.7 Å². The number of hydrogen-bond donors (Lipinski definition) is 0. The first kappa shape index (κ1) is 26.8. The van der Waals surface area contributed by atoms with Gasteiger partial charge in [-0.25, -0.2) is 14.6 Å². The van der Waals surface area contributed by atoms with Gasteiger partial charge in [0.2, 0.25) is 5.88 Å². The monoisotopic (exact) mass is 492 g/mol. The van der Waals surface area contributed by atoms with Crippen molar-refractivity contribution in [1.82, 2.24) is 19.8 Å². The molecule has 196 valence electrons. The van der Waals surface area contributed by atoms with E-state index in [1.807, 2.05) is 48.5 Å². The minimum Gasteiger partial charge on any atom is -0.474 e. The molecule has 35 heavy (non-hydrogen) atoms. The van der Waals surface area contributed by atoms with E-state index in [2.05, 4.69) is 9.97 Å². The fraction of sp³-hybridized carbons (Fsp3) is 0.760. The SMILES string of the molecule is Cc1cc(OC2CCN(C(=O)OC(C)(C)C)CC2)nc(OC2CCN(C(=O)OC(C)(C)C)CC2)n1. The van der Waals surface area contributed by atoms with Crippen LogP contribution in [0.15, 0.2) is 6.07 Å². The maximum atomic E-state index is 12.3. The van der Waals surface area contributed by atoms with Gasteiger partial charge in [0, 0.05) is 63.6 Å². The Labute approximate surface area is 208 Å². The molecule has 2 aliphatic rings. The van der Waals surface area contributed by atoms with E-state index in [9.17, 15) is 9.59 Å². The summed E-state index contributed by atoms with van der Waals surface area (Å²) in [6, 6.07) is 2.07. The number of hydrogen-bond acceptors (Lipinski definition) is 8. The topological polar surface area (TPSA) is 103 Å². The van der Waals surface area contributed by atoms with Crippen molar-refractivity contribution in [1.29, 1.82) is 0 Å². The van der Waals surface area contributed by atoms with Gasteiger partial charge in [-0.1, -0.05) is 0 Å². The molecule has 0 atom stereocenters. The van der Waals surface area contributed by atoms with Crippen LogP contribution in [0.3, 0.4) is 0 Å². The van der Waals surface area contributed by atoms with Crippen LogP contribution in [-0.2, 0) is 9.47 Å². The molecule has 1 aromatic heterocycles. The van der Waals surface area contributed by atoms with Gasteiger partial charge in [0.1, 0.15) is 23.4 Å². The van der Waals surface area contributed by atoms with Gasteiger partial charge in [0.05, 0.1) is 0 Å². The minimum atomic E-state index is -0.511. The average Bonchev–Trinajstić information content (AvgIpc) is 2.72. The lowest BCUT2D eigenvalue weighted by Gasteiger charge is -2.33. The van der Waals surface area contributed by atoms with Crippen molar-refractivity contribution in [2.75, 3.05) is 26.2 Å². The van der Waals surface area contributed by atoms with Crippen LogP contribution >= 0.6 is 0 Å². The molecule has 2 saturated heterocycles. The molecule has 10 heteroatoms. The van der Waals surface area contributed by atoms with Crippen LogP contribution in [0.1, 0.15) is 72.9 Å². The summed E-state index contributed by atoms with van der Waals surface area (Å²) in [6.07, 6.45) is 2.03. The first-order chi connectivity index (χ1) is 16.3. The molecule has 1 aromatic rings. The third-order valence-corrected chi connectivity index (χ3v) is 5.56. The van der Waals surface area contributed by atoms with Crippen molar-refractivity contribution in [3.05, 3.63) is 11.8 Å². The molecule has 2 fully saturated rings. The Morgan fingerprint density at radius 1 is 0.771 bits per heavy atom. The zero-order valence-corrected chi connectivity index (χ0v) is 22.1. The normalized spacial score (nSPS) is 18.3. The predicted octanol–water partition coefficient (Wildman–Crippen LogP) is 4.34. The minimum absolute atomic E-state index is 0.0482. The Kier molecular flexibility index (Phi) is 8.33. The Morgan fingerprint density at radius 2 is 1.20 bits per heavy atom. The summed E-state index contributed by atoms with van der Waals surface area (Å²) in [7, 11) is 0. The van der Waals surface area contributed by atoms with E-state index in [4.69, 9.17) is 18.9 Å². The third-order valence-electron chi connectivity index (χ3n) is 5.56. The summed E-state index contributed by atoms with van der Waals surface area (Å²) in [5.41, 5.74) is -0.267. The molecule has 0 aliphatic carbocycles. The van der Waals surface area contributed by atoms with Crippen molar-refractivity contribution < 1.29 is 28.5 Å². The lowest BCUT2D eigenvalue weighted by Crippen LogP contribution is -2.44. The first-order valence-corrected chi connectivity index (χ1v) is 12.4. The van der Waals surface area contributed by atoms with Gasteiger partial charge in [-0.15, -0.1) is 0 Å². The first-order valence-electron chi connectivity index (χ1n) is 12.4. The molecule has 2 amide bonds. The quantitative estimate of drug-likeness (QED) is 0.611. The number of aromatic nitrogens is 2. The maximum Gasteiger partial charge on any atom is 0.410 e. The van der Waals surface area contributed by atoms with Gasteiger partial charge in [0.25, 0.3) is 0 Å². The maximum absolute atomic E-state index is 12.3. The van der Waals surface area contributed by atoms with E-state index in [0.717, 1.165) is 5.69 Å². The van der Waals surface area contributed by atoms with E-state index in [1.165, 1.54) is 0 Å². The molecule has 0 N–H and O–H groups in total. The molecule has 0 bridgehead atoms. The standard InChI is InChI=1S/C25H40N4O6/c1-17-16-20(32-18-8-12-28(13-9-18)22(30)34-24(2,3)4)27-21(26-17)33-19-10-14-29(15-11-19)23(31)35-25(5,6)7/h16,18-19H,8-15H2,1-7H3. The van der Waals surface area contributed by atoms with E-state index < -0.39 is 11.2 Å². The number of aryl methyl sites for hydroxylation is 1. The summed E-state index contributed by atoms with van der Waals surface area (Å²) >= 11 is 0. The van der Waals surface area contributed by atoms with Gasteiger partial charge >= 0.3 is 18.2 Å². The van der Waals surface area contributed by atoms with Crippen LogP contribution in [0.4, 0.5) is 9.59 Å². The molecular formula is C25H40N4O6. The van der Waals surface area contributed by atoms with Crippen molar-refractivity contribution in [3.63, 3.8) is 0 Å². The van der Waals surface area contributed by atoms with Crippen molar-refractivity contribution in [2.45, 2.75) is 97.6 Å². The predicted molar refractivity (Wildman–Crippen MR) is 130 cm³/mol. The fourth-order valence-electron chi connectivity index (χ4n) is 3.91. The average molecular weight is 493 g/mol. The highest BCUT2D eigenvalue weighted by molar-refractivity contribution is 5.68. The lowest BCUT2D eigenvalue weighted by atomic mass is 10.1. The van der Waals surface area contributed by atoms with Crippen LogP contribution in [0.25, 0.3) is 0 Å². The number of nitrogens with zero attached hydrogens (tertiary/aromatic N) is 4. The van der Waals surface area contributed by atoms with Gasteiger partial charge in [-0.2, -0.15) is 4.98 Å². The number of likely N-dealkylation sites (tertiary alicyclic amines) is 2. The molecule has 3 heterocycles. The molecule has 0 saturated carbocycles. The molecular weight excluding hydrogens is 452 g/mol. The Hall–Kier alpha value is -2.78. The second-order valence-corrected chi connectivity index (χ2v) is 11.2. The van der Waals surface area contributed by atoms with E-state index in [1.54, 1.807) is 15.9 Å². The van der Waals surface area contributed by atoms with Crippen LogP contribution in [0.5, 0.6) is 11.9 Å². The van der Waals surface area contributed by atoms with Crippen LogP contribution < -0.4 is 9.47 Å². The van der Waals surface area contributed by atoms with Crippen molar-refractivity contribution in [2.24, 2.45) is 0 Å². The van der Waals surface area contributed by atoms with Crippen LogP contribution in [-0.4, -0.2) is 81.5 Å². The highest BCUT2D eigenvalue weighted by Crippen LogP contribution is 2.23. The smallest absolute Gasteiger partial charge is 0.410 e. The molecule has 10 nitrogen and oxygen atoms in total. The lowest BCUT2D eigenvalue weighted by molar-refractivity contribution is 0.0118. The zero-order chi connectivity index (χ0) is 25.8. The van der Waals surface area contributed by atoms with Crippen LogP contribution in [0, 0.1) is 6.92 Å². The molecule has 0 spiro atoms. The second-order valence-electron chi connectivity index (χ2n) is 11.2. The van der Waals surface area contributed by atoms with Crippen molar-refractivity contribution >= 4 is 12.2 Å². The van der Waals surface area contributed by atoms with E-state index in [-0.39, 0.29) is 30.4 Å². The van der Waals surface area contributed by atoms with Crippen molar-refractivity contribution in [3.8, 4) is 11.9 Å². The van der Waals surface area contributed by atoms with Gasteiger partial charge in [-0.05, 0) is 48.5 Å². The number of amides is 2. The van der Waals surface area contributed by atoms with Gasteiger partial charge in [0.15, 0.2) is 0 Å². The number of rotatable bonds is 4. The number of piperidine rings is 2. The Morgan fingerprint density at radius 3 is 1.63 bits per heavy atom. The fourth-order valence-corrected chi connectivity index (χ4v) is 3.91. The molecule has 0 aromatic carbocycles. The molecule has 0 radical (unpaired) electrons. The molecule has 0 unspecified atom stereocenters. The Bertz CT molecular complexity index is 811. The van der Waals surface area contributed by atoms with E-state index >= 15 is 0 Å². The number of ether oxygens (including phenoxy) is 4. The zero-order valence-electron chi connectivity index (χ0n) is 22.1. The summed E-state index contributed by atoms with van der Waals surface area (Å²) in [5.74, 6) is 0.467. The third kappa shape index (κ3) is 8.74. The van der Waals surface area contributed by atoms with Crippen LogP contribution in [0.2, 0.25) is 0 Å². The summed E-state index contributed by atoms with van der Waals surface area (Å²) in [4.78, 5) is 36.8. The Balaban J connectivity index is 1.48. The highest BCUT2D eigenvalue weighted by atomic mass is 16.6. The van der Waals surface area contributed by atoms with Gasteiger partial charge in [-0.3, -0.25) is 0 Å². The molecule has 2 aliphatic heterocycles.